The van der Waals surface area contributed by atoms with E-state index in [0.29, 0.717) is 12.3 Å². The van der Waals surface area contributed by atoms with Crippen LogP contribution in [0.15, 0.2) is 0 Å². The Bertz CT molecular complexity index is 166. The van der Waals surface area contributed by atoms with Crippen LogP contribution in [0.3, 0.4) is 0 Å². The summed E-state index contributed by atoms with van der Waals surface area (Å²) in [5.74, 6) is 1.78. The van der Waals surface area contributed by atoms with Crippen LogP contribution in [0, 0.1) is 17.8 Å². The molecular weight excluding hydrogens is 140 g/mol. The second-order valence-electron chi connectivity index (χ2n) is 4.03. The normalized spacial score (nSPS) is 36.4. The minimum absolute atomic E-state index is 0.406. The molecule has 2 rings (SSSR count). The Hall–Kier alpha value is -0.530. The molecule has 0 aromatic rings. The van der Waals surface area contributed by atoms with E-state index in [0.717, 1.165) is 11.8 Å². The van der Waals surface area contributed by atoms with Crippen molar-refractivity contribution in [3.05, 3.63) is 0 Å². The Kier molecular flexibility index (Phi) is 1.63. The van der Waals surface area contributed by atoms with Gasteiger partial charge in [0.05, 0.1) is 0 Å². The van der Waals surface area contributed by atoms with Gasteiger partial charge in [-0.05, 0) is 43.4 Å². The molecule has 2 heteroatoms. The first kappa shape index (κ1) is 7.14. The molecule has 2 aliphatic rings. The smallest absolute Gasteiger partial charge is 0.303 e. The van der Waals surface area contributed by atoms with Gasteiger partial charge in [0.25, 0.3) is 0 Å². The van der Waals surface area contributed by atoms with Crippen molar-refractivity contribution in [2.45, 2.75) is 32.1 Å². The van der Waals surface area contributed by atoms with Crippen molar-refractivity contribution in [3.8, 4) is 0 Å². The van der Waals surface area contributed by atoms with Crippen molar-refractivity contribution in [2.75, 3.05) is 0 Å². The molecule has 0 bridgehead atoms. The number of rotatable bonds is 3. The van der Waals surface area contributed by atoms with Gasteiger partial charge in [-0.2, -0.15) is 0 Å². The SMILES string of the molecule is O=C(O)CC1CC(C2CC2)C1. The molecule has 11 heavy (non-hydrogen) atoms. The minimum Gasteiger partial charge on any atom is -0.481 e. The van der Waals surface area contributed by atoms with Crippen LogP contribution in [0.25, 0.3) is 0 Å². The summed E-state index contributed by atoms with van der Waals surface area (Å²) in [6, 6.07) is 0. The lowest BCUT2D eigenvalue weighted by Gasteiger charge is -2.34. The van der Waals surface area contributed by atoms with E-state index < -0.39 is 5.97 Å². The fourth-order valence-electron chi connectivity index (χ4n) is 2.15. The van der Waals surface area contributed by atoms with Gasteiger partial charge < -0.3 is 5.11 Å². The molecule has 62 valence electrons. The van der Waals surface area contributed by atoms with Crippen LogP contribution in [-0.2, 0) is 4.79 Å². The summed E-state index contributed by atoms with van der Waals surface area (Å²) in [5.41, 5.74) is 0. The van der Waals surface area contributed by atoms with Crippen LogP contribution in [0.2, 0.25) is 0 Å². The van der Waals surface area contributed by atoms with Gasteiger partial charge in [0.15, 0.2) is 0 Å². The van der Waals surface area contributed by atoms with Gasteiger partial charge in [-0.1, -0.05) is 0 Å². The van der Waals surface area contributed by atoms with E-state index in [9.17, 15) is 4.79 Å². The van der Waals surface area contributed by atoms with Gasteiger partial charge >= 0.3 is 5.97 Å². The molecule has 0 aromatic carbocycles. The molecule has 0 saturated heterocycles. The maximum atomic E-state index is 10.3. The number of hydrogen-bond acceptors (Lipinski definition) is 1. The van der Waals surface area contributed by atoms with Crippen molar-refractivity contribution in [1.29, 1.82) is 0 Å². The molecule has 2 aliphatic carbocycles. The zero-order valence-corrected chi connectivity index (χ0v) is 6.62. The third-order valence-corrected chi connectivity index (χ3v) is 3.02. The number of carboxylic acids is 1. The molecule has 0 aliphatic heterocycles. The average molecular weight is 154 g/mol. The predicted molar refractivity (Wildman–Crippen MR) is 41.2 cm³/mol. The van der Waals surface area contributed by atoms with Crippen LogP contribution < -0.4 is 0 Å². The first-order valence-corrected chi connectivity index (χ1v) is 4.47. The van der Waals surface area contributed by atoms with Gasteiger partial charge in [-0.3, -0.25) is 4.79 Å². The third kappa shape index (κ3) is 1.55. The maximum Gasteiger partial charge on any atom is 0.303 e. The van der Waals surface area contributed by atoms with Crippen LogP contribution >= 0.6 is 0 Å². The highest BCUT2D eigenvalue weighted by Gasteiger charge is 2.40. The van der Waals surface area contributed by atoms with Gasteiger partial charge in [0, 0.05) is 6.42 Å². The first-order chi connectivity index (χ1) is 5.25. The van der Waals surface area contributed by atoms with Gasteiger partial charge in [0.2, 0.25) is 0 Å². The molecule has 2 saturated carbocycles. The minimum atomic E-state index is -0.621. The summed E-state index contributed by atoms with van der Waals surface area (Å²) < 4.78 is 0. The van der Waals surface area contributed by atoms with Crippen LogP contribution in [0.1, 0.15) is 32.1 Å². The summed E-state index contributed by atoms with van der Waals surface area (Å²) in [7, 11) is 0. The molecule has 0 radical (unpaired) electrons. The van der Waals surface area contributed by atoms with Crippen molar-refractivity contribution in [1.82, 2.24) is 0 Å². The predicted octanol–water partition coefficient (Wildman–Crippen LogP) is 1.90. The van der Waals surface area contributed by atoms with Crippen LogP contribution in [0.5, 0.6) is 0 Å². The fraction of sp³-hybridized carbons (Fsp3) is 0.889. The Morgan fingerprint density at radius 3 is 2.36 bits per heavy atom. The Morgan fingerprint density at radius 1 is 1.27 bits per heavy atom. The second kappa shape index (κ2) is 2.50. The third-order valence-electron chi connectivity index (χ3n) is 3.02. The monoisotopic (exact) mass is 154 g/mol. The summed E-state index contributed by atoms with van der Waals surface area (Å²) >= 11 is 0. The van der Waals surface area contributed by atoms with Crippen molar-refractivity contribution >= 4 is 5.97 Å². The topological polar surface area (TPSA) is 37.3 Å². The van der Waals surface area contributed by atoms with Crippen molar-refractivity contribution < 1.29 is 9.90 Å². The highest BCUT2D eigenvalue weighted by Crippen LogP contribution is 2.50. The van der Waals surface area contributed by atoms with E-state index in [1.54, 1.807) is 0 Å². The van der Waals surface area contributed by atoms with E-state index in [1.165, 1.54) is 25.7 Å². The zero-order valence-electron chi connectivity index (χ0n) is 6.62. The van der Waals surface area contributed by atoms with Gasteiger partial charge in [-0.25, -0.2) is 0 Å². The quantitative estimate of drug-likeness (QED) is 0.674. The number of carbonyl (C=O) groups is 1. The van der Waals surface area contributed by atoms with Gasteiger partial charge in [0.1, 0.15) is 0 Å². The van der Waals surface area contributed by atoms with E-state index in [1.807, 2.05) is 0 Å². The van der Waals surface area contributed by atoms with Crippen molar-refractivity contribution in [2.24, 2.45) is 17.8 Å². The summed E-state index contributed by atoms with van der Waals surface area (Å²) in [6.07, 6.45) is 5.60. The lowest BCUT2D eigenvalue weighted by Crippen LogP contribution is -2.27. The van der Waals surface area contributed by atoms with Gasteiger partial charge in [-0.15, -0.1) is 0 Å². The molecule has 0 unspecified atom stereocenters. The molecule has 0 spiro atoms. The molecule has 1 N–H and O–H groups in total. The lowest BCUT2D eigenvalue weighted by atomic mass is 9.71. The number of hydrogen-bond donors (Lipinski definition) is 1. The molecule has 0 atom stereocenters. The van der Waals surface area contributed by atoms with Crippen LogP contribution in [-0.4, -0.2) is 11.1 Å². The molecule has 0 aromatic heterocycles. The summed E-state index contributed by atoms with van der Waals surface area (Å²) in [4.78, 5) is 10.3. The lowest BCUT2D eigenvalue weighted by molar-refractivity contribution is -0.139. The molecule has 0 amide bonds. The van der Waals surface area contributed by atoms with E-state index in [2.05, 4.69) is 0 Å². The molecular formula is C9H14O2. The summed E-state index contributed by atoms with van der Waals surface area (Å²) in [5, 5.41) is 8.49. The Morgan fingerprint density at radius 2 is 1.91 bits per heavy atom. The number of aliphatic carboxylic acids is 1. The maximum absolute atomic E-state index is 10.3. The second-order valence-corrected chi connectivity index (χ2v) is 4.03. The highest BCUT2D eigenvalue weighted by atomic mass is 16.4. The van der Waals surface area contributed by atoms with E-state index in [4.69, 9.17) is 5.11 Å². The average Bonchev–Trinajstić information content (AvgIpc) is 2.58. The zero-order chi connectivity index (χ0) is 7.84. The molecule has 2 nitrogen and oxygen atoms in total. The Balaban J connectivity index is 1.66. The van der Waals surface area contributed by atoms with E-state index >= 15 is 0 Å². The first-order valence-electron chi connectivity index (χ1n) is 4.47. The fourth-order valence-corrected chi connectivity index (χ4v) is 2.15. The Labute approximate surface area is 66.6 Å². The van der Waals surface area contributed by atoms with Crippen LogP contribution in [0.4, 0.5) is 0 Å². The highest BCUT2D eigenvalue weighted by molar-refractivity contribution is 5.67. The molecule has 2 fully saturated rings. The van der Waals surface area contributed by atoms with Crippen molar-refractivity contribution in [3.63, 3.8) is 0 Å². The number of carboxylic acid groups (broad SMARTS) is 1. The van der Waals surface area contributed by atoms with E-state index in [-0.39, 0.29) is 0 Å². The largest absolute Gasteiger partial charge is 0.481 e. The standard InChI is InChI=1S/C9H14O2/c10-9(11)5-6-3-8(4-6)7-1-2-7/h6-8H,1-5H2,(H,10,11). The summed E-state index contributed by atoms with van der Waals surface area (Å²) in [6.45, 7) is 0. The molecule has 0 heterocycles.